The summed E-state index contributed by atoms with van der Waals surface area (Å²) in [6, 6.07) is 17.3. The molecule has 0 amide bonds. The lowest BCUT2D eigenvalue weighted by Crippen LogP contribution is -2.46. The average Bonchev–Trinajstić information content (AvgIpc) is 2.54. The molecule has 2 heteroatoms. The molecule has 2 aromatic rings. The van der Waals surface area contributed by atoms with Crippen molar-refractivity contribution in [3.05, 3.63) is 66.1 Å². The predicted molar refractivity (Wildman–Crippen MR) is 82.9 cm³/mol. The van der Waals surface area contributed by atoms with E-state index in [1.165, 1.54) is 22.5 Å². The lowest BCUT2D eigenvalue weighted by Gasteiger charge is -2.40. The van der Waals surface area contributed by atoms with Crippen LogP contribution >= 0.6 is 0 Å². The summed E-state index contributed by atoms with van der Waals surface area (Å²) >= 11 is 0. The number of rotatable bonds is 1. The highest BCUT2D eigenvalue weighted by Crippen LogP contribution is 2.32. The van der Waals surface area contributed by atoms with Gasteiger partial charge < -0.3 is 10.2 Å². The summed E-state index contributed by atoms with van der Waals surface area (Å²) in [6.45, 7) is 0.914. The van der Waals surface area contributed by atoms with Gasteiger partial charge in [-0.25, -0.2) is 0 Å². The molecule has 0 aromatic heterocycles. The van der Waals surface area contributed by atoms with E-state index >= 15 is 0 Å². The molecule has 0 aliphatic carbocycles. The lowest BCUT2D eigenvalue weighted by atomic mass is 9.97. The van der Waals surface area contributed by atoms with Crippen molar-refractivity contribution in [2.45, 2.75) is 25.4 Å². The molecule has 0 spiro atoms. The molecule has 2 aliphatic heterocycles. The number of aryl methyl sites for hydroxylation is 1. The Morgan fingerprint density at radius 3 is 2.75 bits per heavy atom. The highest BCUT2D eigenvalue weighted by Gasteiger charge is 2.26. The molecule has 0 saturated heterocycles. The minimum atomic E-state index is 0.374. The SMILES string of the molecule is [C]1Cc2ccccc2N(C2CCc3ccccc3N2)C1. The molecule has 1 atom stereocenters. The Morgan fingerprint density at radius 2 is 1.80 bits per heavy atom. The van der Waals surface area contributed by atoms with Crippen LogP contribution in [0.3, 0.4) is 0 Å². The van der Waals surface area contributed by atoms with Gasteiger partial charge in [0.25, 0.3) is 0 Å². The highest BCUT2D eigenvalue weighted by molar-refractivity contribution is 5.61. The number of fused-ring (bicyclic) bond motifs is 2. The van der Waals surface area contributed by atoms with Gasteiger partial charge in [-0.3, -0.25) is 0 Å². The molecular weight excluding hydrogens is 244 g/mol. The zero-order chi connectivity index (χ0) is 13.4. The van der Waals surface area contributed by atoms with Gasteiger partial charge in [-0.1, -0.05) is 36.4 Å². The Balaban J connectivity index is 1.64. The number of benzene rings is 2. The van der Waals surface area contributed by atoms with Crippen molar-refractivity contribution in [1.82, 2.24) is 0 Å². The van der Waals surface area contributed by atoms with Crippen molar-refractivity contribution in [3.63, 3.8) is 0 Å². The first-order valence-electron chi connectivity index (χ1n) is 7.31. The van der Waals surface area contributed by atoms with Crippen LogP contribution in [0.1, 0.15) is 17.5 Å². The van der Waals surface area contributed by atoms with Gasteiger partial charge in [-0.2, -0.15) is 0 Å². The zero-order valence-electron chi connectivity index (χ0n) is 11.5. The van der Waals surface area contributed by atoms with Crippen molar-refractivity contribution in [3.8, 4) is 0 Å². The molecule has 2 radical (unpaired) electrons. The number of para-hydroxylation sites is 2. The molecule has 2 aromatic carbocycles. The number of anilines is 2. The van der Waals surface area contributed by atoms with Gasteiger partial charge in [-0.15, -0.1) is 0 Å². The smallest absolute Gasteiger partial charge is 0.0993 e. The molecule has 2 heterocycles. The summed E-state index contributed by atoms with van der Waals surface area (Å²) in [4.78, 5) is 2.45. The van der Waals surface area contributed by atoms with Gasteiger partial charge >= 0.3 is 0 Å². The fourth-order valence-electron chi connectivity index (χ4n) is 3.27. The summed E-state index contributed by atoms with van der Waals surface area (Å²) < 4.78 is 0. The average molecular weight is 262 g/mol. The molecule has 0 saturated carbocycles. The number of nitrogens with zero attached hydrogens (tertiary/aromatic N) is 1. The van der Waals surface area contributed by atoms with Gasteiger partial charge in [0.15, 0.2) is 0 Å². The summed E-state index contributed by atoms with van der Waals surface area (Å²) in [7, 11) is 0. The second-order valence-corrected chi connectivity index (χ2v) is 5.54. The summed E-state index contributed by atoms with van der Waals surface area (Å²) in [5, 5.41) is 3.69. The topological polar surface area (TPSA) is 15.3 Å². The fourth-order valence-corrected chi connectivity index (χ4v) is 3.27. The fraction of sp³-hybridized carbons (Fsp3) is 0.278. The van der Waals surface area contributed by atoms with Crippen LogP contribution in [0.15, 0.2) is 48.5 Å². The molecule has 1 N–H and O–H groups in total. The van der Waals surface area contributed by atoms with Crippen LogP contribution in [-0.4, -0.2) is 12.7 Å². The summed E-state index contributed by atoms with van der Waals surface area (Å²) in [5.41, 5.74) is 5.47. The van der Waals surface area contributed by atoms with E-state index in [1.54, 1.807) is 0 Å². The second-order valence-electron chi connectivity index (χ2n) is 5.54. The van der Waals surface area contributed by atoms with Crippen LogP contribution in [0.25, 0.3) is 0 Å². The van der Waals surface area contributed by atoms with E-state index in [9.17, 15) is 0 Å². The third-order valence-electron chi connectivity index (χ3n) is 4.30. The van der Waals surface area contributed by atoms with Crippen LogP contribution in [0.2, 0.25) is 0 Å². The first-order valence-corrected chi connectivity index (χ1v) is 7.31. The maximum atomic E-state index is 3.69. The van der Waals surface area contributed by atoms with Crippen molar-refractivity contribution in [2.24, 2.45) is 0 Å². The standard InChI is InChI=1S/C18H18N2/c1-3-9-16-14(6-1)11-12-18(19-16)20-13-5-8-15-7-2-4-10-17(15)20/h1-4,6-7,9-10,18-19H,8,11-13H2. The lowest BCUT2D eigenvalue weighted by molar-refractivity contribution is 0.586. The van der Waals surface area contributed by atoms with E-state index in [2.05, 4.69) is 65.2 Å². The van der Waals surface area contributed by atoms with E-state index in [1.807, 2.05) is 0 Å². The molecule has 100 valence electrons. The highest BCUT2D eigenvalue weighted by atomic mass is 15.3. The molecule has 1 unspecified atom stereocenters. The Hall–Kier alpha value is -1.96. The van der Waals surface area contributed by atoms with Crippen LogP contribution in [0, 0.1) is 6.42 Å². The van der Waals surface area contributed by atoms with Crippen LogP contribution < -0.4 is 10.2 Å². The summed E-state index contributed by atoms with van der Waals surface area (Å²) in [5.74, 6) is 0. The largest absolute Gasteiger partial charge is 0.365 e. The van der Waals surface area contributed by atoms with Crippen molar-refractivity contribution >= 4 is 11.4 Å². The van der Waals surface area contributed by atoms with E-state index in [4.69, 9.17) is 0 Å². The normalized spacial score (nSPS) is 20.8. The van der Waals surface area contributed by atoms with Gasteiger partial charge in [-0.05, 0) is 42.5 Å². The maximum absolute atomic E-state index is 3.69. The molecule has 2 nitrogen and oxygen atoms in total. The van der Waals surface area contributed by atoms with Crippen molar-refractivity contribution in [1.29, 1.82) is 0 Å². The summed E-state index contributed by atoms with van der Waals surface area (Å²) in [6.07, 6.45) is 7.13. The van der Waals surface area contributed by atoms with E-state index in [0.717, 1.165) is 25.8 Å². The van der Waals surface area contributed by atoms with Crippen LogP contribution in [0.4, 0.5) is 11.4 Å². The molecule has 0 bridgehead atoms. The van der Waals surface area contributed by atoms with Gasteiger partial charge in [0.1, 0.15) is 0 Å². The van der Waals surface area contributed by atoms with Crippen LogP contribution in [-0.2, 0) is 12.8 Å². The third kappa shape index (κ3) is 1.96. The van der Waals surface area contributed by atoms with Crippen molar-refractivity contribution in [2.75, 3.05) is 16.8 Å². The molecular formula is C18H18N2. The van der Waals surface area contributed by atoms with Gasteiger partial charge in [0.05, 0.1) is 6.17 Å². The number of hydrogen-bond acceptors (Lipinski definition) is 2. The first-order chi connectivity index (χ1) is 9.92. The minimum Gasteiger partial charge on any atom is -0.365 e. The third-order valence-corrected chi connectivity index (χ3v) is 4.30. The molecule has 20 heavy (non-hydrogen) atoms. The molecule has 4 rings (SSSR count). The number of nitrogens with one attached hydrogen (secondary N) is 1. The monoisotopic (exact) mass is 262 g/mol. The van der Waals surface area contributed by atoms with Gasteiger partial charge in [0.2, 0.25) is 0 Å². The second kappa shape index (κ2) is 4.86. The minimum absolute atomic E-state index is 0.374. The quantitative estimate of drug-likeness (QED) is 0.846. The zero-order valence-corrected chi connectivity index (χ0v) is 11.5. The van der Waals surface area contributed by atoms with E-state index < -0.39 is 0 Å². The first kappa shape index (κ1) is 11.8. The predicted octanol–water partition coefficient (Wildman–Crippen LogP) is 3.51. The van der Waals surface area contributed by atoms with E-state index in [-0.39, 0.29) is 0 Å². The Morgan fingerprint density at radius 1 is 1.00 bits per heavy atom. The Labute approximate surface area is 120 Å². The van der Waals surface area contributed by atoms with E-state index in [0.29, 0.717) is 6.17 Å². The Bertz CT molecular complexity index is 620. The van der Waals surface area contributed by atoms with Crippen LogP contribution in [0.5, 0.6) is 0 Å². The van der Waals surface area contributed by atoms with Crippen molar-refractivity contribution < 1.29 is 0 Å². The maximum Gasteiger partial charge on any atom is 0.0993 e. The van der Waals surface area contributed by atoms with Gasteiger partial charge in [0, 0.05) is 24.3 Å². The molecule has 0 fully saturated rings. The Kier molecular flexibility index (Phi) is 2.87. The number of hydrogen-bond donors (Lipinski definition) is 1. The molecule has 2 aliphatic rings.